The van der Waals surface area contributed by atoms with Crippen LogP contribution in [0.1, 0.15) is 30.9 Å². The van der Waals surface area contributed by atoms with Gasteiger partial charge in [-0.15, -0.1) is 0 Å². The molecule has 0 spiro atoms. The molecule has 1 aromatic rings. The van der Waals surface area contributed by atoms with Crippen molar-refractivity contribution in [3.63, 3.8) is 0 Å². The maximum Gasteiger partial charge on any atom is 0.321 e. The van der Waals surface area contributed by atoms with Gasteiger partial charge in [0.1, 0.15) is 0 Å². The van der Waals surface area contributed by atoms with E-state index in [0.717, 1.165) is 30.8 Å². The monoisotopic (exact) mass is 246 g/mol. The SMILES string of the molecule is Cc1ccc(NC(=O)N2CCCC(C)C2)c(C)c1. The molecule has 0 aliphatic carbocycles. The van der Waals surface area contributed by atoms with Gasteiger partial charge in [-0.1, -0.05) is 24.6 Å². The van der Waals surface area contributed by atoms with Crippen LogP contribution in [-0.2, 0) is 0 Å². The summed E-state index contributed by atoms with van der Waals surface area (Å²) >= 11 is 0. The summed E-state index contributed by atoms with van der Waals surface area (Å²) in [6.45, 7) is 8.04. The van der Waals surface area contributed by atoms with E-state index in [1.165, 1.54) is 12.0 Å². The molecule has 2 amide bonds. The summed E-state index contributed by atoms with van der Waals surface area (Å²) in [5, 5.41) is 3.01. The number of amides is 2. The molecule has 1 N–H and O–H groups in total. The maximum absolute atomic E-state index is 12.2. The first-order valence-corrected chi connectivity index (χ1v) is 6.69. The van der Waals surface area contributed by atoms with E-state index in [2.05, 4.69) is 25.2 Å². The van der Waals surface area contributed by atoms with Crippen LogP contribution in [0.2, 0.25) is 0 Å². The third-order valence-electron chi connectivity index (χ3n) is 3.57. The highest BCUT2D eigenvalue weighted by atomic mass is 16.2. The van der Waals surface area contributed by atoms with Crippen molar-refractivity contribution in [3.05, 3.63) is 29.3 Å². The zero-order valence-corrected chi connectivity index (χ0v) is 11.5. The molecule has 1 aromatic carbocycles. The molecule has 3 nitrogen and oxygen atoms in total. The van der Waals surface area contributed by atoms with Gasteiger partial charge < -0.3 is 10.2 Å². The fourth-order valence-electron chi connectivity index (χ4n) is 2.52. The number of benzene rings is 1. The molecular formula is C15H22N2O. The first-order valence-electron chi connectivity index (χ1n) is 6.69. The van der Waals surface area contributed by atoms with Crippen LogP contribution in [0.3, 0.4) is 0 Å². The number of aryl methyl sites for hydroxylation is 2. The number of hydrogen-bond acceptors (Lipinski definition) is 1. The van der Waals surface area contributed by atoms with Gasteiger partial charge in [0.2, 0.25) is 0 Å². The number of urea groups is 1. The second-order valence-corrected chi connectivity index (χ2v) is 5.44. The predicted molar refractivity (Wildman–Crippen MR) is 74.9 cm³/mol. The van der Waals surface area contributed by atoms with Crippen molar-refractivity contribution in [1.82, 2.24) is 4.90 Å². The van der Waals surface area contributed by atoms with Crippen LogP contribution in [0, 0.1) is 19.8 Å². The molecule has 1 aliphatic heterocycles. The molecular weight excluding hydrogens is 224 g/mol. The molecule has 0 saturated carbocycles. The Hall–Kier alpha value is -1.51. The summed E-state index contributed by atoms with van der Waals surface area (Å²) in [4.78, 5) is 14.1. The van der Waals surface area contributed by atoms with Crippen molar-refractivity contribution >= 4 is 11.7 Å². The Kier molecular flexibility index (Phi) is 3.90. The third kappa shape index (κ3) is 3.03. The number of carbonyl (C=O) groups is 1. The third-order valence-corrected chi connectivity index (χ3v) is 3.57. The first-order chi connectivity index (χ1) is 8.56. The standard InChI is InChI=1S/C15H22N2O/c1-11-6-7-14(13(3)9-11)16-15(18)17-8-4-5-12(2)10-17/h6-7,9,12H,4-5,8,10H2,1-3H3,(H,16,18). The normalized spacial score (nSPS) is 19.7. The zero-order valence-electron chi connectivity index (χ0n) is 11.5. The Balaban J connectivity index is 2.02. The second-order valence-electron chi connectivity index (χ2n) is 5.44. The van der Waals surface area contributed by atoms with Gasteiger partial charge in [0, 0.05) is 18.8 Å². The van der Waals surface area contributed by atoms with E-state index in [1.54, 1.807) is 0 Å². The van der Waals surface area contributed by atoms with E-state index in [-0.39, 0.29) is 6.03 Å². The number of nitrogens with zero attached hydrogens (tertiary/aromatic N) is 1. The molecule has 98 valence electrons. The van der Waals surface area contributed by atoms with Gasteiger partial charge in [0.05, 0.1) is 0 Å². The van der Waals surface area contributed by atoms with Crippen molar-refractivity contribution in [1.29, 1.82) is 0 Å². The summed E-state index contributed by atoms with van der Waals surface area (Å²) in [5.74, 6) is 0.614. The molecule has 1 fully saturated rings. The van der Waals surface area contributed by atoms with Crippen molar-refractivity contribution < 1.29 is 4.79 Å². The highest BCUT2D eigenvalue weighted by Crippen LogP contribution is 2.19. The summed E-state index contributed by atoms with van der Waals surface area (Å²) < 4.78 is 0. The van der Waals surface area contributed by atoms with Crippen molar-refractivity contribution in [2.24, 2.45) is 5.92 Å². The molecule has 0 bridgehead atoms. The molecule has 0 radical (unpaired) electrons. The molecule has 1 atom stereocenters. The average Bonchev–Trinajstić information content (AvgIpc) is 2.32. The van der Waals surface area contributed by atoms with Crippen molar-refractivity contribution in [2.45, 2.75) is 33.6 Å². The summed E-state index contributed by atoms with van der Waals surface area (Å²) in [6.07, 6.45) is 2.34. The van der Waals surface area contributed by atoms with E-state index in [0.29, 0.717) is 5.92 Å². The molecule has 1 unspecified atom stereocenters. The Bertz CT molecular complexity index is 442. The van der Waals surface area contributed by atoms with E-state index >= 15 is 0 Å². The van der Waals surface area contributed by atoms with Gasteiger partial charge in [0.25, 0.3) is 0 Å². The lowest BCUT2D eigenvalue weighted by Crippen LogP contribution is -2.41. The smallest absolute Gasteiger partial charge is 0.321 e. The maximum atomic E-state index is 12.2. The number of carbonyl (C=O) groups excluding carboxylic acids is 1. The second kappa shape index (κ2) is 5.42. The minimum absolute atomic E-state index is 0.0357. The molecule has 3 heteroatoms. The summed E-state index contributed by atoms with van der Waals surface area (Å²) in [6, 6.07) is 6.14. The van der Waals surface area contributed by atoms with E-state index in [9.17, 15) is 4.79 Å². The first kappa shape index (κ1) is 12.9. The van der Waals surface area contributed by atoms with Crippen LogP contribution in [0.25, 0.3) is 0 Å². The highest BCUT2D eigenvalue weighted by molar-refractivity contribution is 5.90. The molecule has 0 aromatic heterocycles. The van der Waals surface area contributed by atoms with E-state index < -0.39 is 0 Å². The molecule has 1 heterocycles. The van der Waals surface area contributed by atoms with Crippen LogP contribution >= 0.6 is 0 Å². The Morgan fingerprint density at radius 3 is 2.83 bits per heavy atom. The average molecular weight is 246 g/mol. The van der Waals surface area contributed by atoms with Gasteiger partial charge in [0.15, 0.2) is 0 Å². The topological polar surface area (TPSA) is 32.3 Å². The lowest BCUT2D eigenvalue weighted by molar-refractivity contribution is 0.182. The Morgan fingerprint density at radius 2 is 2.17 bits per heavy atom. The number of piperidine rings is 1. The molecule has 2 rings (SSSR count). The van der Waals surface area contributed by atoms with E-state index in [1.807, 2.05) is 24.0 Å². The Labute approximate surface area is 109 Å². The molecule has 1 saturated heterocycles. The van der Waals surface area contributed by atoms with Gasteiger partial charge in [-0.25, -0.2) is 4.79 Å². The highest BCUT2D eigenvalue weighted by Gasteiger charge is 2.21. The number of hydrogen-bond donors (Lipinski definition) is 1. The fourth-order valence-corrected chi connectivity index (χ4v) is 2.52. The fraction of sp³-hybridized carbons (Fsp3) is 0.533. The predicted octanol–water partition coefficient (Wildman–Crippen LogP) is 3.57. The quantitative estimate of drug-likeness (QED) is 0.807. The zero-order chi connectivity index (χ0) is 13.1. The van der Waals surface area contributed by atoms with Crippen LogP contribution in [-0.4, -0.2) is 24.0 Å². The number of nitrogens with one attached hydrogen (secondary N) is 1. The van der Waals surface area contributed by atoms with Crippen LogP contribution in [0.15, 0.2) is 18.2 Å². The molecule has 18 heavy (non-hydrogen) atoms. The van der Waals surface area contributed by atoms with Crippen LogP contribution in [0.4, 0.5) is 10.5 Å². The van der Waals surface area contributed by atoms with Gasteiger partial charge >= 0.3 is 6.03 Å². The minimum Gasteiger partial charge on any atom is -0.324 e. The summed E-state index contributed by atoms with van der Waals surface area (Å²) in [5.41, 5.74) is 3.26. The van der Waals surface area contributed by atoms with Gasteiger partial charge in [-0.05, 0) is 44.2 Å². The van der Waals surface area contributed by atoms with Crippen molar-refractivity contribution in [2.75, 3.05) is 18.4 Å². The lowest BCUT2D eigenvalue weighted by Gasteiger charge is -2.31. The minimum atomic E-state index is 0.0357. The number of rotatable bonds is 1. The Morgan fingerprint density at radius 1 is 1.39 bits per heavy atom. The van der Waals surface area contributed by atoms with E-state index in [4.69, 9.17) is 0 Å². The number of anilines is 1. The lowest BCUT2D eigenvalue weighted by atomic mass is 10.0. The van der Waals surface area contributed by atoms with Gasteiger partial charge in [-0.2, -0.15) is 0 Å². The summed E-state index contributed by atoms with van der Waals surface area (Å²) in [7, 11) is 0. The number of likely N-dealkylation sites (tertiary alicyclic amines) is 1. The van der Waals surface area contributed by atoms with Crippen LogP contribution in [0.5, 0.6) is 0 Å². The van der Waals surface area contributed by atoms with Crippen molar-refractivity contribution in [3.8, 4) is 0 Å². The van der Waals surface area contributed by atoms with Gasteiger partial charge in [-0.3, -0.25) is 0 Å². The molecule has 1 aliphatic rings. The van der Waals surface area contributed by atoms with Crippen LogP contribution < -0.4 is 5.32 Å². The largest absolute Gasteiger partial charge is 0.324 e.